The van der Waals surface area contributed by atoms with E-state index in [1.807, 2.05) is 15.2 Å². The first-order valence-electron chi connectivity index (χ1n) is 11.9. The van der Waals surface area contributed by atoms with E-state index in [0.717, 1.165) is 23.4 Å². The van der Waals surface area contributed by atoms with Crippen LogP contribution < -0.4 is 4.90 Å². The lowest BCUT2D eigenvalue weighted by atomic mass is 9.97. The molecule has 10 heteroatoms. The number of aromatic nitrogens is 3. The van der Waals surface area contributed by atoms with E-state index in [1.54, 1.807) is 30.6 Å². The highest BCUT2D eigenvalue weighted by Gasteiger charge is 2.28. The van der Waals surface area contributed by atoms with E-state index in [0.29, 0.717) is 50.9 Å². The van der Waals surface area contributed by atoms with Gasteiger partial charge in [0, 0.05) is 63.0 Å². The van der Waals surface area contributed by atoms with Crippen molar-refractivity contribution in [2.75, 3.05) is 44.2 Å². The van der Waals surface area contributed by atoms with Crippen LogP contribution in [-0.2, 0) is 11.2 Å². The summed E-state index contributed by atoms with van der Waals surface area (Å²) in [5, 5.41) is 2.83. The monoisotopic (exact) mass is 494 g/mol. The van der Waals surface area contributed by atoms with Crippen molar-refractivity contribution in [3.8, 4) is 0 Å². The molecule has 4 heterocycles. The molecule has 2 saturated heterocycles. The highest BCUT2D eigenvalue weighted by molar-refractivity contribution is 7.09. The van der Waals surface area contributed by atoms with Crippen molar-refractivity contribution in [3.05, 3.63) is 70.2 Å². The number of carbonyl (C=O) groups excluding carboxylic acids is 2. The Morgan fingerprint density at radius 2 is 1.63 bits per heavy atom. The van der Waals surface area contributed by atoms with Gasteiger partial charge in [-0.15, -0.1) is 11.3 Å². The molecule has 3 aromatic rings. The van der Waals surface area contributed by atoms with Gasteiger partial charge < -0.3 is 14.7 Å². The maximum Gasteiger partial charge on any atom is 0.273 e. The first kappa shape index (κ1) is 23.3. The minimum absolute atomic E-state index is 0.0342. The Labute approximate surface area is 207 Å². The first-order valence-corrected chi connectivity index (χ1v) is 12.7. The van der Waals surface area contributed by atoms with Crippen LogP contribution in [0.2, 0.25) is 0 Å². The summed E-state index contributed by atoms with van der Waals surface area (Å²) >= 11 is 1.53. The Kier molecular flexibility index (Phi) is 6.98. The predicted octanol–water partition coefficient (Wildman–Crippen LogP) is 2.98. The van der Waals surface area contributed by atoms with E-state index in [-0.39, 0.29) is 30.0 Å². The van der Waals surface area contributed by atoms with Gasteiger partial charge in [-0.2, -0.15) is 0 Å². The number of piperazine rings is 1. The number of hydrogen-bond donors (Lipinski definition) is 0. The largest absolute Gasteiger partial charge is 0.342 e. The van der Waals surface area contributed by atoms with Crippen molar-refractivity contribution in [3.63, 3.8) is 0 Å². The van der Waals surface area contributed by atoms with E-state index < -0.39 is 0 Å². The number of halogens is 1. The van der Waals surface area contributed by atoms with E-state index in [1.165, 1.54) is 23.5 Å². The normalized spacial score (nSPS) is 17.0. The third kappa shape index (κ3) is 5.48. The molecule has 1 aromatic carbocycles. The van der Waals surface area contributed by atoms with Crippen LogP contribution in [0.25, 0.3) is 0 Å². The molecule has 182 valence electrons. The van der Waals surface area contributed by atoms with Crippen LogP contribution in [0.1, 0.15) is 39.8 Å². The second-order valence-electron chi connectivity index (χ2n) is 8.86. The number of hydrogen-bond acceptors (Lipinski definition) is 7. The molecule has 8 nitrogen and oxygen atoms in total. The van der Waals surface area contributed by atoms with Crippen molar-refractivity contribution in [1.82, 2.24) is 24.8 Å². The van der Waals surface area contributed by atoms with E-state index >= 15 is 0 Å². The number of rotatable bonds is 5. The fraction of sp³-hybridized carbons (Fsp3) is 0.400. The number of carbonyl (C=O) groups is 2. The van der Waals surface area contributed by atoms with E-state index in [4.69, 9.17) is 0 Å². The van der Waals surface area contributed by atoms with Crippen molar-refractivity contribution < 1.29 is 14.0 Å². The molecule has 2 amide bonds. The number of thiazole rings is 1. The molecule has 0 bridgehead atoms. The zero-order valence-electron chi connectivity index (χ0n) is 19.3. The summed E-state index contributed by atoms with van der Waals surface area (Å²) in [6.45, 7) is 3.93. The number of amides is 2. The van der Waals surface area contributed by atoms with Gasteiger partial charge in [0.05, 0.1) is 11.4 Å². The Hall–Kier alpha value is -3.40. The maximum atomic E-state index is 13.1. The molecule has 2 aliphatic rings. The van der Waals surface area contributed by atoms with Crippen LogP contribution in [0.3, 0.4) is 0 Å². The highest BCUT2D eigenvalue weighted by atomic mass is 32.1. The molecule has 0 unspecified atom stereocenters. The Morgan fingerprint density at radius 3 is 2.31 bits per heavy atom. The number of anilines is 1. The Balaban J connectivity index is 1.11. The van der Waals surface area contributed by atoms with Gasteiger partial charge in [0.2, 0.25) is 11.9 Å². The maximum absolute atomic E-state index is 13.1. The lowest BCUT2D eigenvalue weighted by molar-refractivity contribution is -0.131. The smallest absolute Gasteiger partial charge is 0.273 e. The van der Waals surface area contributed by atoms with Gasteiger partial charge in [-0.1, -0.05) is 12.1 Å². The highest BCUT2D eigenvalue weighted by Crippen LogP contribution is 2.31. The predicted molar refractivity (Wildman–Crippen MR) is 131 cm³/mol. The second-order valence-corrected chi connectivity index (χ2v) is 9.75. The van der Waals surface area contributed by atoms with Crippen LogP contribution >= 0.6 is 11.3 Å². The Morgan fingerprint density at radius 1 is 0.943 bits per heavy atom. The summed E-state index contributed by atoms with van der Waals surface area (Å²) in [5.41, 5.74) is 1.32. The van der Waals surface area contributed by atoms with Crippen molar-refractivity contribution in [2.45, 2.75) is 25.2 Å². The summed E-state index contributed by atoms with van der Waals surface area (Å²) in [4.78, 5) is 44.7. The molecule has 0 N–H and O–H groups in total. The van der Waals surface area contributed by atoms with Gasteiger partial charge in [0.15, 0.2) is 0 Å². The number of likely N-dealkylation sites (tertiary alicyclic amines) is 1. The average molecular weight is 495 g/mol. The summed E-state index contributed by atoms with van der Waals surface area (Å²) in [7, 11) is 0. The summed E-state index contributed by atoms with van der Waals surface area (Å²) in [6, 6.07) is 7.87. The average Bonchev–Trinajstić information content (AvgIpc) is 3.41. The van der Waals surface area contributed by atoms with Crippen LogP contribution in [0.4, 0.5) is 10.3 Å². The minimum atomic E-state index is -0.299. The molecule has 2 fully saturated rings. The molecule has 2 aromatic heterocycles. The molecule has 0 atom stereocenters. The van der Waals surface area contributed by atoms with Gasteiger partial charge in [-0.05, 0) is 36.6 Å². The topological polar surface area (TPSA) is 82.5 Å². The molecule has 35 heavy (non-hydrogen) atoms. The number of benzene rings is 1. The van der Waals surface area contributed by atoms with Gasteiger partial charge >= 0.3 is 0 Å². The molecule has 0 radical (unpaired) electrons. The Bertz CT molecular complexity index is 1160. The van der Waals surface area contributed by atoms with Crippen molar-refractivity contribution in [2.24, 2.45) is 0 Å². The fourth-order valence-corrected chi connectivity index (χ4v) is 5.53. The quantitative estimate of drug-likeness (QED) is 0.542. The molecule has 0 aliphatic carbocycles. The van der Waals surface area contributed by atoms with Crippen LogP contribution in [0.15, 0.2) is 48.1 Å². The first-order chi connectivity index (χ1) is 17.1. The van der Waals surface area contributed by atoms with Gasteiger partial charge in [0.1, 0.15) is 11.5 Å². The summed E-state index contributed by atoms with van der Waals surface area (Å²) in [6.07, 6.45) is 5.38. The second kappa shape index (κ2) is 10.5. The minimum Gasteiger partial charge on any atom is -0.342 e. The molecular weight excluding hydrogens is 467 g/mol. The third-order valence-electron chi connectivity index (χ3n) is 6.61. The SMILES string of the molecule is O=C(Cc1ccc(F)cc1)N1CCC(c2nc(C(=O)N3CCN(c4ncccn4)CC3)cs2)CC1. The summed E-state index contributed by atoms with van der Waals surface area (Å²) < 4.78 is 13.1. The third-order valence-corrected chi connectivity index (χ3v) is 7.62. The summed E-state index contributed by atoms with van der Waals surface area (Å²) in [5.74, 6) is 0.673. The van der Waals surface area contributed by atoms with Gasteiger partial charge in [-0.25, -0.2) is 19.3 Å². The molecule has 5 rings (SSSR count). The lowest BCUT2D eigenvalue weighted by Gasteiger charge is -2.34. The zero-order chi connectivity index (χ0) is 24.2. The van der Waals surface area contributed by atoms with E-state index in [9.17, 15) is 14.0 Å². The van der Waals surface area contributed by atoms with Gasteiger partial charge in [0.25, 0.3) is 5.91 Å². The van der Waals surface area contributed by atoms with E-state index in [2.05, 4.69) is 19.9 Å². The van der Waals surface area contributed by atoms with Gasteiger partial charge in [-0.3, -0.25) is 9.59 Å². The number of piperidine rings is 1. The molecular formula is C25H27FN6O2S. The van der Waals surface area contributed by atoms with Crippen molar-refractivity contribution in [1.29, 1.82) is 0 Å². The fourth-order valence-electron chi connectivity index (χ4n) is 4.56. The number of nitrogens with zero attached hydrogens (tertiary/aromatic N) is 6. The molecule has 0 saturated carbocycles. The standard InChI is InChI=1S/C25H27FN6O2S/c26-20-4-2-18(3-5-20)16-22(33)30-10-6-19(7-11-30)23-29-21(17-35-23)24(34)31-12-14-32(15-13-31)25-27-8-1-9-28-25/h1-5,8-9,17,19H,6-7,10-16H2. The van der Waals surface area contributed by atoms with Crippen LogP contribution in [-0.4, -0.2) is 75.8 Å². The molecule has 2 aliphatic heterocycles. The molecule has 0 spiro atoms. The lowest BCUT2D eigenvalue weighted by Crippen LogP contribution is -2.49. The van der Waals surface area contributed by atoms with Crippen LogP contribution in [0.5, 0.6) is 0 Å². The van der Waals surface area contributed by atoms with Crippen LogP contribution in [0, 0.1) is 5.82 Å². The van der Waals surface area contributed by atoms with Crippen molar-refractivity contribution >= 4 is 29.1 Å². The zero-order valence-corrected chi connectivity index (χ0v) is 20.2.